The molecule has 3 nitrogen and oxygen atoms in total. The maximum atomic E-state index is 12.2. The summed E-state index contributed by atoms with van der Waals surface area (Å²) in [6, 6.07) is 5.28. The molecule has 1 aromatic rings. The van der Waals surface area contributed by atoms with E-state index in [0.717, 1.165) is 0 Å². The van der Waals surface area contributed by atoms with E-state index in [1.54, 1.807) is 6.92 Å². The van der Waals surface area contributed by atoms with E-state index in [9.17, 15) is 18.0 Å². The summed E-state index contributed by atoms with van der Waals surface area (Å²) in [7, 11) is 0. The van der Waals surface area contributed by atoms with E-state index in [0.29, 0.717) is 18.6 Å². The summed E-state index contributed by atoms with van der Waals surface area (Å²) in [6.45, 7) is 5.81. The van der Waals surface area contributed by atoms with Gasteiger partial charge in [0.15, 0.2) is 5.78 Å². The first kappa shape index (κ1) is 17.5. The lowest BCUT2D eigenvalue weighted by atomic mass is 9.92. The Balaban J connectivity index is 2.73. The van der Waals surface area contributed by atoms with E-state index in [-0.39, 0.29) is 18.0 Å². The minimum absolute atomic E-state index is 0.101. The minimum atomic E-state index is -4.72. The average Bonchev–Trinajstić information content (AvgIpc) is 2.39. The molecule has 0 aliphatic rings. The largest absolute Gasteiger partial charge is 0.573 e. The number of carbonyl (C=O) groups is 1. The molecule has 1 atom stereocenters. The average molecular weight is 304 g/mol. The van der Waals surface area contributed by atoms with Crippen LogP contribution >= 0.6 is 0 Å². The molecule has 0 fully saturated rings. The van der Waals surface area contributed by atoms with Crippen molar-refractivity contribution in [2.24, 2.45) is 0 Å². The van der Waals surface area contributed by atoms with Gasteiger partial charge >= 0.3 is 6.36 Å². The molecule has 0 spiro atoms. The van der Waals surface area contributed by atoms with Crippen LogP contribution in [0.15, 0.2) is 24.3 Å². The van der Waals surface area contributed by atoms with E-state index >= 15 is 0 Å². The lowest BCUT2D eigenvalue weighted by molar-refractivity contribution is -0.274. The maximum absolute atomic E-state index is 12.2. The third-order valence-corrected chi connectivity index (χ3v) is 3.25. The van der Waals surface area contributed by atoms with Gasteiger partial charge in [0.05, 0.1) is 0 Å². The van der Waals surface area contributed by atoms with Gasteiger partial charge in [-0.15, -0.1) is 13.2 Å². The van der Waals surface area contributed by atoms with Gasteiger partial charge < -0.3 is 9.47 Å². The molecule has 118 valence electrons. The van der Waals surface area contributed by atoms with Gasteiger partial charge in [-0.1, -0.05) is 19.1 Å². The van der Waals surface area contributed by atoms with E-state index in [1.165, 1.54) is 24.3 Å². The van der Waals surface area contributed by atoms with E-state index in [2.05, 4.69) is 4.74 Å². The summed E-state index contributed by atoms with van der Waals surface area (Å²) in [5.41, 5.74) is -0.246. The predicted octanol–water partition coefficient (Wildman–Crippen LogP) is 3.90. The Morgan fingerprint density at radius 3 is 2.14 bits per heavy atom. The van der Waals surface area contributed by atoms with Crippen molar-refractivity contribution in [2.75, 3.05) is 6.61 Å². The molecule has 21 heavy (non-hydrogen) atoms. The van der Waals surface area contributed by atoms with Crippen molar-refractivity contribution >= 4 is 5.78 Å². The highest BCUT2D eigenvalue weighted by Gasteiger charge is 2.32. The number of hydrogen-bond acceptors (Lipinski definition) is 3. The molecule has 0 saturated carbocycles. The summed E-state index contributed by atoms with van der Waals surface area (Å²) in [5.74, 6) is -0.405. The number of hydrogen-bond donors (Lipinski definition) is 0. The van der Waals surface area contributed by atoms with E-state index in [4.69, 9.17) is 4.74 Å². The van der Waals surface area contributed by atoms with Gasteiger partial charge in [0.2, 0.25) is 0 Å². The van der Waals surface area contributed by atoms with Crippen molar-refractivity contribution in [3.63, 3.8) is 0 Å². The van der Waals surface area contributed by atoms with Crippen LogP contribution < -0.4 is 4.74 Å². The normalized spacial score (nSPS) is 14.6. The molecule has 0 aromatic heterocycles. The SMILES string of the molecule is CCOC(C)(CC)C(=O)Cc1ccc(OC(F)(F)F)cc1. The second-order valence-electron chi connectivity index (χ2n) is 4.81. The van der Waals surface area contributed by atoms with Crippen molar-refractivity contribution in [3.05, 3.63) is 29.8 Å². The monoisotopic (exact) mass is 304 g/mol. The Bertz CT molecular complexity index is 468. The molecule has 6 heteroatoms. The van der Waals surface area contributed by atoms with Crippen molar-refractivity contribution < 1.29 is 27.4 Å². The highest BCUT2D eigenvalue weighted by molar-refractivity contribution is 5.88. The van der Waals surface area contributed by atoms with Crippen molar-refractivity contribution in [1.82, 2.24) is 0 Å². The fraction of sp³-hybridized carbons (Fsp3) is 0.533. The molecule has 0 radical (unpaired) electrons. The molecule has 1 rings (SSSR count). The van der Waals surface area contributed by atoms with Gasteiger partial charge in [-0.3, -0.25) is 4.79 Å². The van der Waals surface area contributed by atoms with Crippen LogP contribution in [-0.4, -0.2) is 24.4 Å². The van der Waals surface area contributed by atoms with E-state index in [1.807, 2.05) is 13.8 Å². The lowest BCUT2D eigenvalue weighted by Crippen LogP contribution is -2.39. The standard InChI is InChI=1S/C15H19F3O3/c1-4-14(3,20-5-2)13(19)10-11-6-8-12(9-7-11)21-15(16,17)18/h6-9H,4-5,10H2,1-3H3. The Morgan fingerprint density at radius 1 is 1.14 bits per heavy atom. The highest BCUT2D eigenvalue weighted by Crippen LogP contribution is 2.24. The van der Waals surface area contributed by atoms with Crippen LogP contribution in [0.25, 0.3) is 0 Å². The lowest BCUT2D eigenvalue weighted by Gasteiger charge is -2.26. The fourth-order valence-electron chi connectivity index (χ4n) is 1.88. The topological polar surface area (TPSA) is 35.5 Å². The molecule has 1 aromatic carbocycles. The number of carbonyl (C=O) groups excluding carboxylic acids is 1. The number of benzene rings is 1. The molecule has 0 amide bonds. The van der Waals surface area contributed by atoms with Gasteiger partial charge in [-0.05, 0) is 38.0 Å². The first-order chi connectivity index (χ1) is 9.70. The van der Waals surface area contributed by atoms with Gasteiger partial charge in [0.25, 0.3) is 0 Å². The summed E-state index contributed by atoms with van der Waals surface area (Å²) in [4.78, 5) is 12.2. The second kappa shape index (κ2) is 6.93. The highest BCUT2D eigenvalue weighted by atomic mass is 19.4. The maximum Gasteiger partial charge on any atom is 0.573 e. The van der Waals surface area contributed by atoms with Crippen LogP contribution in [-0.2, 0) is 16.0 Å². The Morgan fingerprint density at radius 2 is 1.71 bits per heavy atom. The first-order valence-corrected chi connectivity index (χ1v) is 6.72. The fourth-order valence-corrected chi connectivity index (χ4v) is 1.88. The zero-order chi connectivity index (χ0) is 16.1. The predicted molar refractivity (Wildman–Crippen MR) is 72.2 cm³/mol. The molecule has 0 aliphatic carbocycles. The number of ketones is 1. The number of ether oxygens (including phenoxy) is 2. The van der Waals surface area contributed by atoms with Crippen molar-refractivity contribution in [2.45, 2.75) is 45.6 Å². The quantitative estimate of drug-likeness (QED) is 0.766. The molecule has 0 N–H and O–H groups in total. The second-order valence-corrected chi connectivity index (χ2v) is 4.81. The molecule has 0 heterocycles. The van der Waals surface area contributed by atoms with Gasteiger partial charge in [-0.2, -0.15) is 0 Å². The summed E-state index contributed by atoms with van der Waals surface area (Å²) in [6.07, 6.45) is -4.07. The van der Waals surface area contributed by atoms with E-state index < -0.39 is 12.0 Å². The molecular weight excluding hydrogens is 285 g/mol. The van der Waals surface area contributed by atoms with Gasteiger partial charge in [0, 0.05) is 13.0 Å². The van der Waals surface area contributed by atoms with Crippen LogP contribution in [0.5, 0.6) is 5.75 Å². The zero-order valence-corrected chi connectivity index (χ0v) is 12.3. The van der Waals surface area contributed by atoms with Crippen LogP contribution in [0.2, 0.25) is 0 Å². The molecule has 0 saturated heterocycles. The molecule has 0 aliphatic heterocycles. The number of alkyl halides is 3. The third kappa shape index (κ3) is 5.38. The summed E-state index contributed by atoms with van der Waals surface area (Å²) >= 11 is 0. The Hall–Kier alpha value is -1.56. The Kier molecular flexibility index (Phi) is 5.78. The van der Waals surface area contributed by atoms with Crippen LogP contribution in [0.1, 0.15) is 32.8 Å². The first-order valence-electron chi connectivity index (χ1n) is 6.72. The summed E-state index contributed by atoms with van der Waals surface area (Å²) in [5, 5.41) is 0. The van der Waals surface area contributed by atoms with Crippen LogP contribution in [0.4, 0.5) is 13.2 Å². The third-order valence-electron chi connectivity index (χ3n) is 3.25. The number of halogens is 3. The molecule has 1 unspecified atom stereocenters. The molecular formula is C15H19F3O3. The van der Waals surface area contributed by atoms with Crippen molar-refractivity contribution in [3.8, 4) is 5.75 Å². The number of Topliss-reactive ketones (excluding diaryl/α,β-unsaturated/α-hetero) is 1. The van der Waals surface area contributed by atoms with Crippen molar-refractivity contribution in [1.29, 1.82) is 0 Å². The Labute approximate surface area is 122 Å². The summed E-state index contributed by atoms with van der Waals surface area (Å²) < 4.78 is 45.4. The number of rotatable bonds is 7. The van der Waals surface area contributed by atoms with Crippen LogP contribution in [0.3, 0.4) is 0 Å². The molecule has 0 bridgehead atoms. The van der Waals surface area contributed by atoms with Gasteiger partial charge in [-0.25, -0.2) is 0 Å². The van der Waals surface area contributed by atoms with Gasteiger partial charge in [0.1, 0.15) is 11.4 Å². The zero-order valence-electron chi connectivity index (χ0n) is 12.3. The smallest absolute Gasteiger partial charge is 0.406 e. The van der Waals surface area contributed by atoms with Crippen LogP contribution in [0, 0.1) is 0 Å². The minimum Gasteiger partial charge on any atom is -0.406 e.